The van der Waals surface area contributed by atoms with Crippen LogP contribution in [-0.2, 0) is 12.5 Å². The van der Waals surface area contributed by atoms with Crippen LogP contribution in [0, 0.1) is 6.92 Å². The van der Waals surface area contributed by atoms with Gasteiger partial charge in [0.05, 0.1) is 0 Å². The fourth-order valence-corrected chi connectivity index (χ4v) is 2.78. The summed E-state index contributed by atoms with van der Waals surface area (Å²) in [4.78, 5) is 0. The van der Waals surface area contributed by atoms with Crippen LogP contribution in [0.3, 0.4) is 0 Å². The highest BCUT2D eigenvalue weighted by Crippen LogP contribution is 2.32. The molecule has 0 aliphatic rings. The van der Waals surface area contributed by atoms with Crippen molar-refractivity contribution < 1.29 is 0 Å². The molecule has 1 heterocycles. The van der Waals surface area contributed by atoms with E-state index in [0.717, 1.165) is 0 Å². The first-order valence-electron chi connectivity index (χ1n) is 6.87. The third kappa shape index (κ3) is 1.85. The van der Waals surface area contributed by atoms with Gasteiger partial charge >= 0.3 is 0 Å². The summed E-state index contributed by atoms with van der Waals surface area (Å²) in [5.41, 5.74) is 5.55. The van der Waals surface area contributed by atoms with Gasteiger partial charge < -0.3 is 4.57 Å². The van der Waals surface area contributed by atoms with Gasteiger partial charge in [-0.25, -0.2) is 0 Å². The fourth-order valence-electron chi connectivity index (χ4n) is 2.78. The molecule has 0 spiro atoms. The van der Waals surface area contributed by atoms with Crippen LogP contribution in [0.4, 0.5) is 0 Å². The van der Waals surface area contributed by atoms with Crippen molar-refractivity contribution in [2.24, 2.45) is 7.05 Å². The Morgan fingerprint density at radius 2 is 1.42 bits per heavy atom. The standard InChI is InChI=1S/C18H21N/c1-12-6-8-14-15-9-7-13(18(2,3)4)11-17(15)19(5)16(14)10-12/h6-11H,1-5H3. The lowest BCUT2D eigenvalue weighted by Gasteiger charge is -2.19. The molecule has 0 fully saturated rings. The van der Waals surface area contributed by atoms with Gasteiger partial charge in [0.25, 0.3) is 0 Å². The van der Waals surface area contributed by atoms with E-state index in [4.69, 9.17) is 0 Å². The van der Waals surface area contributed by atoms with E-state index in [0.29, 0.717) is 0 Å². The van der Waals surface area contributed by atoms with Crippen LogP contribution in [0.25, 0.3) is 21.8 Å². The molecule has 98 valence electrons. The predicted molar refractivity (Wildman–Crippen MR) is 83.9 cm³/mol. The van der Waals surface area contributed by atoms with Crippen molar-refractivity contribution >= 4 is 21.8 Å². The number of hydrogen-bond donors (Lipinski definition) is 0. The van der Waals surface area contributed by atoms with E-state index in [2.05, 4.69) is 75.7 Å². The van der Waals surface area contributed by atoms with E-state index in [1.165, 1.54) is 32.9 Å². The molecule has 0 saturated carbocycles. The Hall–Kier alpha value is -1.76. The summed E-state index contributed by atoms with van der Waals surface area (Å²) in [6.07, 6.45) is 0. The quantitative estimate of drug-likeness (QED) is 0.533. The summed E-state index contributed by atoms with van der Waals surface area (Å²) in [6.45, 7) is 8.95. The first-order chi connectivity index (χ1) is 8.88. The summed E-state index contributed by atoms with van der Waals surface area (Å²) < 4.78 is 2.31. The molecular weight excluding hydrogens is 230 g/mol. The minimum atomic E-state index is 0.195. The summed E-state index contributed by atoms with van der Waals surface area (Å²) in [5, 5.41) is 2.70. The van der Waals surface area contributed by atoms with Crippen LogP contribution in [0.5, 0.6) is 0 Å². The third-order valence-corrected chi connectivity index (χ3v) is 4.03. The molecule has 1 heteroatoms. The van der Waals surface area contributed by atoms with Gasteiger partial charge in [0.2, 0.25) is 0 Å². The Bertz CT molecular complexity index is 770. The molecule has 3 rings (SSSR count). The number of aromatic nitrogens is 1. The van der Waals surface area contributed by atoms with E-state index in [1.807, 2.05) is 0 Å². The lowest BCUT2D eigenvalue weighted by atomic mass is 9.86. The maximum absolute atomic E-state index is 2.34. The zero-order chi connectivity index (χ0) is 13.8. The highest BCUT2D eigenvalue weighted by Gasteiger charge is 2.16. The minimum absolute atomic E-state index is 0.195. The van der Waals surface area contributed by atoms with Gasteiger partial charge in [0.1, 0.15) is 0 Å². The molecule has 19 heavy (non-hydrogen) atoms. The normalized spacial score (nSPS) is 12.5. The second kappa shape index (κ2) is 3.86. The molecule has 1 aromatic heterocycles. The summed E-state index contributed by atoms with van der Waals surface area (Å²) in [6, 6.07) is 13.6. The summed E-state index contributed by atoms with van der Waals surface area (Å²) >= 11 is 0. The van der Waals surface area contributed by atoms with Gasteiger partial charge in [-0.1, -0.05) is 45.0 Å². The van der Waals surface area contributed by atoms with Crippen LogP contribution in [0.2, 0.25) is 0 Å². The van der Waals surface area contributed by atoms with E-state index in [9.17, 15) is 0 Å². The van der Waals surface area contributed by atoms with Gasteiger partial charge in [0.15, 0.2) is 0 Å². The second-order valence-electron chi connectivity index (χ2n) is 6.56. The lowest BCUT2D eigenvalue weighted by molar-refractivity contribution is 0.591. The van der Waals surface area contributed by atoms with Gasteiger partial charge in [-0.2, -0.15) is 0 Å². The molecule has 0 N–H and O–H groups in total. The number of fused-ring (bicyclic) bond motifs is 3. The molecule has 2 aromatic carbocycles. The second-order valence-corrected chi connectivity index (χ2v) is 6.56. The highest BCUT2D eigenvalue weighted by atomic mass is 14.9. The Kier molecular flexibility index (Phi) is 2.50. The summed E-state index contributed by atoms with van der Waals surface area (Å²) in [5.74, 6) is 0. The molecule has 0 unspecified atom stereocenters. The molecular formula is C18H21N. The first kappa shape index (κ1) is 12.3. The summed E-state index contributed by atoms with van der Waals surface area (Å²) in [7, 11) is 2.16. The highest BCUT2D eigenvalue weighted by molar-refractivity contribution is 6.08. The zero-order valence-corrected chi connectivity index (χ0v) is 12.4. The van der Waals surface area contributed by atoms with Crippen molar-refractivity contribution in [2.75, 3.05) is 0 Å². The lowest BCUT2D eigenvalue weighted by Crippen LogP contribution is -2.10. The van der Waals surface area contributed by atoms with Crippen LogP contribution in [0.15, 0.2) is 36.4 Å². The smallest absolute Gasteiger partial charge is 0.0491 e. The Morgan fingerprint density at radius 1 is 0.842 bits per heavy atom. The number of benzene rings is 2. The monoisotopic (exact) mass is 251 g/mol. The van der Waals surface area contributed by atoms with Gasteiger partial charge in [-0.05, 0) is 35.6 Å². The van der Waals surface area contributed by atoms with E-state index in [1.54, 1.807) is 0 Å². The number of aryl methyl sites for hydroxylation is 2. The number of nitrogens with zero attached hydrogens (tertiary/aromatic N) is 1. The SMILES string of the molecule is Cc1ccc2c3ccc(C(C)(C)C)cc3n(C)c2c1. The molecule has 0 amide bonds. The third-order valence-electron chi connectivity index (χ3n) is 4.03. The fraction of sp³-hybridized carbons (Fsp3) is 0.333. The average Bonchev–Trinajstić information content (AvgIpc) is 2.62. The largest absolute Gasteiger partial charge is 0.344 e. The number of hydrogen-bond acceptors (Lipinski definition) is 0. The van der Waals surface area contributed by atoms with Gasteiger partial charge in [0, 0.05) is 28.9 Å². The Morgan fingerprint density at radius 3 is 2.05 bits per heavy atom. The Labute approximate surface area is 114 Å². The topological polar surface area (TPSA) is 4.93 Å². The molecule has 0 radical (unpaired) electrons. The first-order valence-corrected chi connectivity index (χ1v) is 6.87. The molecule has 0 bridgehead atoms. The van der Waals surface area contributed by atoms with Crippen LogP contribution >= 0.6 is 0 Å². The molecule has 0 aliphatic heterocycles. The Balaban J connectivity index is 2.41. The van der Waals surface area contributed by atoms with Crippen LogP contribution < -0.4 is 0 Å². The van der Waals surface area contributed by atoms with Crippen molar-refractivity contribution in [1.82, 2.24) is 4.57 Å². The van der Waals surface area contributed by atoms with Gasteiger partial charge in [-0.15, -0.1) is 0 Å². The molecule has 3 aromatic rings. The van der Waals surface area contributed by atoms with Crippen molar-refractivity contribution in [2.45, 2.75) is 33.1 Å². The van der Waals surface area contributed by atoms with Crippen molar-refractivity contribution in [3.63, 3.8) is 0 Å². The predicted octanol–water partition coefficient (Wildman–Crippen LogP) is 4.94. The van der Waals surface area contributed by atoms with E-state index < -0.39 is 0 Å². The van der Waals surface area contributed by atoms with Crippen molar-refractivity contribution in [3.05, 3.63) is 47.5 Å². The van der Waals surface area contributed by atoms with E-state index in [-0.39, 0.29) is 5.41 Å². The molecule has 1 nitrogen and oxygen atoms in total. The van der Waals surface area contributed by atoms with E-state index >= 15 is 0 Å². The molecule has 0 aliphatic carbocycles. The van der Waals surface area contributed by atoms with Crippen molar-refractivity contribution in [1.29, 1.82) is 0 Å². The maximum Gasteiger partial charge on any atom is 0.0491 e. The van der Waals surface area contributed by atoms with Crippen molar-refractivity contribution in [3.8, 4) is 0 Å². The average molecular weight is 251 g/mol. The zero-order valence-electron chi connectivity index (χ0n) is 12.4. The number of rotatable bonds is 0. The van der Waals surface area contributed by atoms with Gasteiger partial charge in [-0.3, -0.25) is 0 Å². The van der Waals surface area contributed by atoms with Crippen LogP contribution in [0.1, 0.15) is 31.9 Å². The minimum Gasteiger partial charge on any atom is -0.344 e. The van der Waals surface area contributed by atoms with Crippen LogP contribution in [-0.4, -0.2) is 4.57 Å². The molecule has 0 saturated heterocycles. The maximum atomic E-state index is 2.34. The molecule has 0 atom stereocenters.